The zero-order chi connectivity index (χ0) is 14.9. The fraction of sp³-hybridized carbons (Fsp3) is 0.529. The van der Waals surface area contributed by atoms with E-state index in [1.54, 1.807) is 11.4 Å². The van der Waals surface area contributed by atoms with E-state index in [1.165, 1.54) is 12.0 Å². The van der Waals surface area contributed by atoms with Crippen LogP contribution in [0.1, 0.15) is 49.7 Å². The van der Waals surface area contributed by atoms with Gasteiger partial charge in [-0.15, -0.1) is 0 Å². The third-order valence-corrected chi connectivity index (χ3v) is 6.85. The lowest BCUT2D eigenvalue weighted by atomic mass is 9.96. The second-order valence-electron chi connectivity index (χ2n) is 6.12. The maximum Gasteiger partial charge on any atom is 0.239 e. The van der Waals surface area contributed by atoms with E-state index in [-0.39, 0.29) is 6.04 Å². The number of hydrogen-bond donors (Lipinski definition) is 0. The van der Waals surface area contributed by atoms with E-state index in [0.717, 1.165) is 37.7 Å². The minimum absolute atomic E-state index is 0.182. The molecule has 1 aromatic rings. The molecular weight excluding hydrogens is 282 g/mol. The predicted molar refractivity (Wildman–Crippen MR) is 86.3 cm³/mol. The van der Waals surface area contributed by atoms with Crippen LogP contribution in [0, 0.1) is 0 Å². The van der Waals surface area contributed by atoms with E-state index in [1.807, 2.05) is 24.3 Å². The summed E-state index contributed by atoms with van der Waals surface area (Å²) >= 11 is 0. The summed E-state index contributed by atoms with van der Waals surface area (Å²) in [6, 6.07) is 8.25. The summed E-state index contributed by atoms with van der Waals surface area (Å²) in [6.07, 6.45) is 8.84. The standard InChI is InChI=1S/C17H23NO2S/c1-18(16-9-3-2-4-10-16)21(19,20)17-12-11-14-7-5-6-8-15(14)13-17/h5-8,13,16H,2-4,9-12H2,1H3. The molecule has 1 saturated carbocycles. The number of benzene rings is 1. The molecule has 0 saturated heterocycles. The number of nitrogens with zero attached hydrogens (tertiary/aromatic N) is 1. The molecule has 0 aromatic heterocycles. The minimum Gasteiger partial charge on any atom is -0.207 e. The van der Waals surface area contributed by atoms with Crippen molar-refractivity contribution < 1.29 is 8.42 Å². The Morgan fingerprint density at radius 1 is 1.05 bits per heavy atom. The Labute approximate surface area is 127 Å². The van der Waals surface area contributed by atoms with Crippen LogP contribution in [0.4, 0.5) is 0 Å². The molecule has 21 heavy (non-hydrogen) atoms. The number of aryl methyl sites for hydroxylation is 1. The maximum atomic E-state index is 12.9. The largest absolute Gasteiger partial charge is 0.239 e. The van der Waals surface area contributed by atoms with Gasteiger partial charge in [0.1, 0.15) is 0 Å². The monoisotopic (exact) mass is 305 g/mol. The van der Waals surface area contributed by atoms with Gasteiger partial charge in [0, 0.05) is 13.1 Å². The van der Waals surface area contributed by atoms with Crippen LogP contribution in [0.25, 0.3) is 6.08 Å². The van der Waals surface area contributed by atoms with Gasteiger partial charge in [0.15, 0.2) is 0 Å². The number of allylic oxidation sites excluding steroid dienone is 1. The molecule has 0 aliphatic heterocycles. The third kappa shape index (κ3) is 2.92. The van der Waals surface area contributed by atoms with Crippen molar-refractivity contribution in [2.75, 3.05) is 7.05 Å². The Bertz CT molecular complexity index is 643. The number of sulfonamides is 1. The lowest BCUT2D eigenvalue weighted by Crippen LogP contribution is -2.39. The molecule has 0 N–H and O–H groups in total. The van der Waals surface area contributed by atoms with Crippen LogP contribution in [0.2, 0.25) is 0 Å². The Hall–Kier alpha value is -1.13. The first kappa shape index (κ1) is 14.8. The Morgan fingerprint density at radius 3 is 2.52 bits per heavy atom. The molecule has 2 aliphatic carbocycles. The molecule has 0 bridgehead atoms. The van der Waals surface area contributed by atoms with Crippen molar-refractivity contribution in [1.82, 2.24) is 4.31 Å². The topological polar surface area (TPSA) is 37.4 Å². The fourth-order valence-corrected chi connectivity index (χ4v) is 5.04. The average molecular weight is 305 g/mol. The van der Waals surface area contributed by atoms with Crippen LogP contribution in [-0.2, 0) is 16.4 Å². The van der Waals surface area contributed by atoms with E-state index in [9.17, 15) is 8.42 Å². The second-order valence-corrected chi connectivity index (χ2v) is 8.17. The van der Waals surface area contributed by atoms with Crippen LogP contribution < -0.4 is 0 Å². The molecule has 2 aliphatic rings. The van der Waals surface area contributed by atoms with Gasteiger partial charge in [0.2, 0.25) is 10.0 Å². The van der Waals surface area contributed by atoms with Crippen molar-refractivity contribution in [3.63, 3.8) is 0 Å². The summed E-state index contributed by atoms with van der Waals surface area (Å²) in [5, 5.41) is 0. The maximum absolute atomic E-state index is 12.9. The molecular formula is C17H23NO2S. The van der Waals surface area contributed by atoms with Gasteiger partial charge >= 0.3 is 0 Å². The van der Waals surface area contributed by atoms with Crippen molar-refractivity contribution in [3.05, 3.63) is 40.3 Å². The number of fused-ring (bicyclic) bond motifs is 1. The van der Waals surface area contributed by atoms with E-state index < -0.39 is 10.0 Å². The highest BCUT2D eigenvalue weighted by Crippen LogP contribution is 2.31. The van der Waals surface area contributed by atoms with E-state index in [0.29, 0.717) is 11.3 Å². The van der Waals surface area contributed by atoms with Crippen LogP contribution in [0.15, 0.2) is 29.2 Å². The summed E-state index contributed by atoms with van der Waals surface area (Å²) in [5.74, 6) is 0. The third-order valence-electron chi connectivity index (χ3n) is 4.81. The van der Waals surface area contributed by atoms with Crippen LogP contribution in [0.5, 0.6) is 0 Å². The number of hydrogen-bond acceptors (Lipinski definition) is 2. The Kier molecular flexibility index (Phi) is 4.18. The van der Waals surface area contributed by atoms with Gasteiger partial charge in [-0.25, -0.2) is 8.42 Å². The smallest absolute Gasteiger partial charge is 0.207 e. The molecule has 3 rings (SSSR count). The van der Waals surface area contributed by atoms with Crippen LogP contribution in [0.3, 0.4) is 0 Å². The molecule has 0 spiro atoms. The predicted octanol–water partition coefficient (Wildman–Crippen LogP) is 3.57. The van der Waals surface area contributed by atoms with Crippen molar-refractivity contribution in [2.45, 2.75) is 51.0 Å². The quantitative estimate of drug-likeness (QED) is 0.856. The first-order valence-electron chi connectivity index (χ1n) is 7.85. The molecule has 0 unspecified atom stereocenters. The van der Waals surface area contributed by atoms with Gasteiger partial charge in [-0.05, 0) is 42.9 Å². The molecule has 0 radical (unpaired) electrons. The number of rotatable bonds is 3. The first-order chi connectivity index (χ1) is 10.1. The molecule has 0 atom stereocenters. The molecule has 3 nitrogen and oxygen atoms in total. The van der Waals surface area contributed by atoms with Gasteiger partial charge in [0.05, 0.1) is 4.91 Å². The van der Waals surface area contributed by atoms with Crippen molar-refractivity contribution >= 4 is 16.1 Å². The zero-order valence-electron chi connectivity index (χ0n) is 12.6. The fourth-order valence-electron chi connectivity index (χ4n) is 3.44. The van der Waals surface area contributed by atoms with E-state index >= 15 is 0 Å². The van der Waals surface area contributed by atoms with Gasteiger partial charge in [-0.2, -0.15) is 4.31 Å². The summed E-state index contributed by atoms with van der Waals surface area (Å²) in [5.41, 5.74) is 2.30. The summed E-state index contributed by atoms with van der Waals surface area (Å²) in [4.78, 5) is 0.578. The van der Waals surface area contributed by atoms with Gasteiger partial charge in [-0.1, -0.05) is 43.5 Å². The second kappa shape index (κ2) is 5.93. The first-order valence-corrected chi connectivity index (χ1v) is 9.29. The van der Waals surface area contributed by atoms with Gasteiger partial charge in [0.25, 0.3) is 0 Å². The van der Waals surface area contributed by atoms with E-state index in [2.05, 4.69) is 6.07 Å². The highest BCUT2D eigenvalue weighted by Gasteiger charge is 2.31. The molecule has 1 fully saturated rings. The lowest BCUT2D eigenvalue weighted by molar-refractivity contribution is 0.287. The summed E-state index contributed by atoms with van der Waals surface area (Å²) in [7, 11) is -1.55. The van der Waals surface area contributed by atoms with Gasteiger partial charge < -0.3 is 0 Å². The zero-order valence-corrected chi connectivity index (χ0v) is 13.4. The molecule has 114 valence electrons. The lowest BCUT2D eigenvalue weighted by Gasteiger charge is -2.31. The molecule has 0 heterocycles. The Balaban J connectivity index is 1.87. The van der Waals surface area contributed by atoms with Crippen LogP contribution >= 0.6 is 0 Å². The highest BCUT2D eigenvalue weighted by molar-refractivity contribution is 7.93. The van der Waals surface area contributed by atoms with Crippen molar-refractivity contribution in [3.8, 4) is 0 Å². The van der Waals surface area contributed by atoms with Crippen LogP contribution in [-0.4, -0.2) is 25.8 Å². The molecule has 0 amide bonds. The average Bonchev–Trinajstić information content (AvgIpc) is 2.54. The minimum atomic E-state index is -3.31. The normalized spacial score (nSPS) is 20.2. The molecule has 1 aromatic carbocycles. The van der Waals surface area contributed by atoms with Crippen molar-refractivity contribution in [1.29, 1.82) is 0 Å². The highest BCUT2D eigenvalue weighted by atomic mass is 32.2. The van der Waals surface area contributed by atoms with E-state index in [4.69, 9.17) is 0 Å². The van der Waals surface area contributed by atoms with Crippen molar-refractivity contribution in [2.24, 2.45) is 0 Å². The SMILES string of the molecule is CN(C1CCCCC1)S(=O)(=O)C1=Cc2ccccc2CC1. The summed E-state index contributed by atoms with van der Waals surface area (Å²) < 4.78 is 27.3. The summed E-state index contributed by atoms with van der Waals surface area (Å²) in [6.45, 7) is 0. The molecule has 4 heteroatoms. The van der Waals surface area contributed by atoms with Gasteiger partial charge in [-0.3, -0.25) is 0 Å². The Morgan fingerprint density at radius 2 is 1.76 bits per heavy atom.